The molecule has 168 valence electrons. The summed E-state index contributed by atoms with van der Waals surface area (Å²) < 4.78 is 1.66. The standard InChI is InChI=1S/C22H21N7O4/c1-29-13(10-12-4-3-9-24-19(12)20(23)31)11-17(28-29)14-5-2-6-15(25-14)21(32)26-16-7-8-18(30)27-22(16)33/h2-6,9,11,16H,7-8,10H2,1H3,(H2,23,31)(H,26,32)(H,27,30,33). The smallest absolute Gasteiger partial charge is 0.270 e. The fourth-order valence-electron chi connectivity index (χ4n) is 3.56. The Morgan fingerprint density at radius 3 is 2.79 bits per heavy atom. The predicted octanol–water partition coefficient (Wildman–Crippen LogP) is 0.102. The largest absolute Gasteiger partial charge is 0.364 e. The normalized spacial score (nSPS) is 15.7. The van der Waals surface area contributed by atoms with Crippen LogP contribution in [0.3, 0.4) is 0 Å². The molecule has 4 heterocycles. The number of nitrogens with one attached hydrogen (secondary N) is 2. The lowest BCUT2D eigenvalue weighted by molar-refractivity contribution is -0.134. The third-order valence-electron chi connectivity index (χ3n) is 5.26. The van der Waals surface area contributed by atoms with Gasteiger partial charge in [0.2, 0.25) is 11.8 Å². The van der Waals surface area contributed by atoms with Crippen LogP contribution in [-0.4, -0.2) is 49.4 Å². The van der Waals surface area contributed by atoms with Gasteiger partial charge in [-0.05, 0) is 36.2 Å². The molecular weight excluding hydrogens is 426 g/mol. The van der Waals surface area contributed by atoms with Gasteiger partial charge < -0.3 is 11.1 Å². The molecule has 4 amide bonds. The second-order valence-electron chi connectivity index (χ2n) is 7.58. The molecule has 1 saturated heterocycles. The number of aryl methyl sites for hydroxylation is 1. The van der Waals surface area contributed by atoms with Crippen molar-refractivity contribution in [2.75, 3.05) is 0 Å². The number of carbonyl (C=O) groups excluding carboxylic acids is 4. The Morgan fingerprint density at radius 2 is 2.03 bits per heavy atom. The van der Waals surface area contributed by atoms with Gasteiger partial charge in [0.25, 0.3) is 11.8 Å². The molecule has 3 aromatic heterocycles. The summed E-state index contributed by atoms with van der Waals surface area (Å²) in [7, 11) is 1.76. The van der Waals surface area contributed by atoms with E-state index in [1.54, 1.807) is 36.0 Å². The first-order chi connectivity index (χ1) is 15.8. The number of pyridine rings is 2. The number of amides is 4. The molecule has 0 saturated carbocycles. The highest BCUT2D eigenvalue weighted by atomic mass is 16.2. The summed E-state index contributed by atoms with van der Waals surface area (Å²) >= 11 is 0. The molecule has 0 radical (unpaired) electrons. The third-order valence-corrected chi connectivity index (χ3v) is 5.26. The summed E-state index contributed by atoms with van der Waals surface area (Å²) in [6, 6.07) is 9.44. The minimum Gasteiger partial charge on any atom is -0.364 e. The van der Waals surface area contributed by atoms with Crippen LogP contribution in [0, 0.1) is 0 Å². The maximum absolute atomic E-state index is 12.6. The summed E-state index contributed by atoms with van der Waals surface area (Å²) in [4.78, 5) is 55.9. The lowest BCUT2D eigenvalue weighted by Gasteiger charge is -2.21. The molecule has 0 spiro atoms. The SMILES string of the molecule is Cn1nc(-c2cccc(C(=O)NC3CCC(=O)NC3=O)n2)cc1Cc1cccnc1C(N)=O. The topological polar surface area (TPSA) is 162 Å². The first-order valence-electron chi connectivity index (χ1n) is 10.2. The van der Waals surface area contributed by atoms with Crippen LogP contribution < -0.4 is 16.4 Å². The maximum atomic E-state index is 12.6. The number of aromatic nitrogens is 4. The maximum Gasteiger partial charge on any atom is 0.270 e. The van der Waals surface area contributed by atoms with E-state index < -0.39 is 23.8 Å². The number of hydrogen-bond donors (Lipinski definition) is 3. The third kappa shape index (κ3) is 4.76. The van der Waals surface area contributed by atoms with Gasteiger partial charge in [-0.15, -0.1) is 0 Å². The van der Waals surface area contributed by atoms with Gasteiger partial charge in [-0.3, -0.25) is 34.2 Å². The average molecular weight is 447 g/mol. The molecule has 1 atom stereocenters. The fourth-order valence-corrected chi connectivity index (χ4v) is 3.56. The molecule has 11 heteroatoms. The van der Waals surface area contributed by atoms with Gasteiger partial charge in [0.05, 0.1) is 5.69 Å². The van der Waals surface area contributed by atoms with E-state index >= 15 is 0 Å². The highest BCUT2D eigenvalue weighted by Gasteiger charge is 2.28. The molecule has 0 bridgehead atoms. The van der Waals surface area contributed by atoms with Crippen molar-refractivity contribution in [3.8, 4) is 11.4 Å². The minimum absolute atomic E-state index is 0.118. The number of hydrogen-bond acceptors (Lipinski definition) is 7. The van der Waals surface area contributed by atoms with Gasteiger partial charge in [-0.2, -0.15) is 5.10 Å². The molecule has 11 nitrogen and oxygen atoms in total. The summed E-state index contributed by atoms with van der Waals surface area (Å²) in [5, 5.41) is 9.28. The van der Waals surface area contributed by atoms with Crippen molar-refractivity contribution in [2.45, 2.75) is 25.3 Å². The first kappa shape index (κ1) is 21.8. The Bertz CT molecular complexity index is 1270. The zero-order chi connectivity index (χ0) is 23.5. The van der Waals surface area contributed by atoms with Gasteiger partial charge in [0, 0.05) is 31.8 Å². The van der Waals surface area contributed by atoms with Crippen LogP contribution in [0.4, 0.5) is 0 Å². The molecular formula is C22H21N7O4. The Morgan fingerprint density at radius 1 is 1.21 bits per heavy atom. The number of carbonyl (C=O) groups is 4. The molecule has 4 rings (SSSR count). The Hall–Kier alpha value is -4.41. The fraction of sp³-hybridized carbons (Fsp3) is 0.227. The van der Waals surface area contributed by atoms with E-state index in [0.717, 1.165) is 5.69 Å². The van der Waals surface area contributed by atoms with Crippen molar-refractivity contribution >= 4 is 23.6 Å². The average Bonchev–Trinajstić information content (AvgIpc) is 3.16. The van der Waals surface area contributed by atoms with Gasteiger partial charge in [-0.1, -0.05) is 12.1 Å². The van der Waals surface area contributed by atoms with E-state index in [2.05, 4.69) is 25.7 Å². The Labute approximate surface area is 188 Å². The summed E-state index contributed by atoms with van der Waals surface area (Å²) in [6.45, 7) is 0. The van der Waals surface area contributed by atoms with Crippen molar-refractivity contribution in [2.24, 2.45) is 12.8 Å². The first-order valence-corrected chi connectivity index (χ1v) is 10.2. The lowest BCUT2D eigenvalue weighted by Crippen LogP contribution is -2.52. The van der Waals surface area contributed by atoms with Crippen molar-refractivity contribution in [1.82, 2.24) is 30.4 Å². The van der Waals surface area contributed by atoms with Crippen LogP contribution in [0.25, 0.3) is 11.4 Å². The summed E-state index contributed by atoms with van der Waals surface area (Å²) in [5.74, 6) is -2.02. The number of imide groups is 1. The number of nitrogens with two attached hydrogens (primary N) is 1. The van der Waals surface area contributed by atoms with E-state index in [4.69, 9.17) is 5.73 Å². The van der Waals surface area contributed by atoms with Gasteiger partial charge in [0.1, 0.15) is 23.1 Å². The highest BCUT2D eigenvalue weighted by Crippen LogP contribution is 2.20. The minimum atomic E-state index is -0.791. The quantitative estimate of drug-likeness (QED) is 0.451. The second-order valence-corrected chi connectivity index (χ2v) is 7.58. The molecule has 1 aliphatic rings. The van der Waals surface area contributed by atoms with Crippen LogP contribution in [0.5, 0.6) is 0 Å². The lowest BCUT2D eigenvalue weighted by atomic mass is 10.1. The molecule has 3 aromatic rings. The van der Waals surface area contributed by atoms with E-state index in [1.165, 1.54) is 12.3 Å². The summed E-state index contributed by atoms with van der Waals surface area (Å²) in [6.07, 6.45) is 2.29. The molecule has 0 aromatic carbocycles. The van der Waals surface area contributed by atoms with E-state index in [0.29, 0.717) is 23.4 Å². The molecule has 33 heavy (non-hydrogen) atoms. The summed E-state index contributed by atoms with van der Waals surface area (Å²) in [5.41, 5.74) is 8.20. The molecule has 0 aliphatic carbocycles. The van der Waals surface area contributed by atoms with E-state index in [-0.39, 0.29) is 30.1 Å². The van der Waals surface area contributed by atoms with Gasteiger partial charge >= 0.3 is 0 Å². The van der Waals surface area contributed by atoms with Crippen molar-refractivity contribution in [3.63, 3.8) is 0 Å². The predicted molar refractivity (Wildman–Crippen MR) is 116 cm³/mol. The van der Waals surface area contributed by atoms with Crippen LogP contribution in [-0.2, 0) is 23.1 Å². The van der Waals surface area contributed by atoms with Crippen LogP contribution >= 0.6 is 0 Å². The van der Waals surface area contributed by atoms with Crippen molar-refractivity contribution in [3.05, 3.63) is 65.2 Å². The Balaban J connectivity index is 1.53. The zero-order valence-corrected chi connectivity index (χ0v) is 17.7. The molecule has 1 fully saturated rings. The van der Waals surface area contributed by atoms with E-state index in [9.17, 15) is 19.2 Å². The molecule has 4 N–H and O–H groups in total. The van der Waals surface area contributed by atoms with Crippen LogP contribution in [0.2, 0.25) is 0 Å². The number of rotatable bonds is 6. The number of piperidine rings is 1. The van der Waals surface area contributed by atoms with Crippen molar-refractivity contribution < 1.29 is 19.2 Å². The van der Waals surface area contributed by atoms with Gasteiger partial charge in [-0.25, -0.2) is 4.98 Å². The monoisotopic (exact) mass is 447 g/mol. The Kier molecular flexibility index (Phi) is 5.94. The molecule has 1 aliphatic heterocycles. The van der Waals surface area contributed by atoms with Crippen LogP contribution in [0.1, 0.15) is 45.1 Å². The highest BCUT2D eigenvalue weighted by molar-refractivity contribution is 6.03. The van der Waals surface area contributed by atoms with E-state index in [1.807, 2.05) is 6.07 Å². The molecule has 1 unspecified atom stereocenters. The number of primary amides is 1. The second kappa shape index (κ2) is 8.99. The zero-order valence-electron chi connectivity index (χ0n) is 17.7. The number of nitrogens with zero attached hydrogens (tertiary/aromatic N) is 4. The van der Waals surface area contributed by atoms with Gasteiger partial charge in [0.15, 0.2) is 0 Å². The van der Waals surface area contributed by atoms with Crippen molar-refractivity contribution in [1.29, 1.82) is 0 Å². The van der Waals surface area contributed by atoms with Crippen LogP contribution in [0.15, 0.2) is 42.6 Å².